The smallest absolute Gasteiger partial charge is 0.257 e. The van der Waals surface area contributed by atoms with Crippen molar-refractivity contribution in [3.05, 3.63) is 64.5 Å². The summed E-state index contributed by atoms with van der Waals surface area (Å²) in [5.41, 5.74) is 3.01. The first-order chi connectivity index (χ1) is 10.0. The second-order valence-electron chi connectivity index (χ2n) is 5.41. The van der Waals surface area contributed by atoms with E-state index in [0.717, 1.165) is 23.1 Å². The summed E-state index contributed by atoms with van der Waals surface area (Å²) in [5.74, 6) is -0.609. The third kappa shape index (κ3) is 2.61. The first-order valence-corrected chi connectivity index (χ1v) is 6.91. The Morgan fingerprint density at radius 1 is 1.19 bits per heavy atom. The van der Waals surface area contributed by atoms with Crippen molar-refractivity contribution in [2.45, 2.75) is 19.9 Å². The maximum Gasteiger partial charge on any atom is 0.257 e. The quantitative estimate of drug-likeness (QED) is 0.875. The summed E-state index contributed by atoms with van der Waals surface area (Å²) in [4.78, 5) is 14.1. The first-order valence-electron chi connectivity index (χ1n) is 6.91. The summed E-state index contributed by atoms with van der Waals surface area (Å²) in [5, 5.41) is 9.55. The number of hydrogen-bond donors (Lipinski definition) is 1. The average molecular weight is 285 g/mol. The van der Waals surface area contributed by atoms with Gasteiger partial charge >= 0.3 is 0 Å². The van der Waals surface area contributed by atoms with Gasteiger partial charge in [-0.25, -0.2) is 4.39 Å². The van der Waals surface area contributed by atoms with Crippen LogP contribution in [0.2, 0.25) is 0 Å². The number of halogens is 1. The number of carbonyl (C=O) groups is 1. The van der Waals surface area contributed by atoms with Crippen molar-refractivity contribution in [3.8, 4) is 5.75 Å². The van der Waals surface area contributed by atoms with E-state index in [1.54, 1.807) is 29.2 Å². The lowest BCUT2D eigenvalue weighted by Gasteiger charge is -2.29. The molecule has 108 valence electrons. The highest BCUT2D eigenvalue weighted by Gasteiger charge is 2.24. The predicted molar refractivity (Wildman–Crippen MR) is 77.7 cm³/mol. The van der Waals surface area contributed by atoms with Gasteiger partial charge in [0.2, 0.25) is 0 Å². The number of phenols is 1. The third-order valence-electron chi connectivity index (χ3n) is 3.84. The Morgan fingerprint density at radius 3 is 2.81 bits per heavy atom. The van der Waals surface area contributed by atoms with E-state index in [4.69, 9.17) is 0 Å². The number of amides is 1. The molecule has 1 N–H and O–H groups in total. The van der Waals surface area contributed by atoms with Gasteiger partial charge in [0.25, 0.3) is 5.91 Å². The van der Waals surface area contributed by atoms with Crippen molar-refractivity contribution in [2.75, 3.05) is 6.54 Å². The van der Waals surface area contributed by atoms with Crippen LogP contribution >= 0.6 is 0 Å². The van der Waals surface area contributed by atoms with Crippen LogP contribution in [-0.4, -0.2) is 22.5 Å². The molecule has 0 bridgehead atoms. The zero-order valence-electron chi connectivity index (χ0n) is 11.8. The van der Waals surface area contributed by atoms with Crippen LogP contribution in [0.3, 0.4) is 0 Å². The van der Waals surface area contributed by atoms with Gasteiger partial charge in [-0.1, -0.05) is 17.7 Å². The van der Waals surface area contributed by atoms with Crippen LogP contribution in [0, 0.1) is 12.7 Å². The number of phenolic OH excluding ortho intramolecular Hbond substituents is 1. The SMILES string of the molecule is Cc1ccc(F)c(C(=O)N2CCc3ccc(O)cc3C2)c1. The Labute approximate surface area is 122 Å². The van der Waals surface area contributed by atoms with Crippen LogP contribution in [0.5, 0.6) is 5.75 Å². The van der Waals surface area contributed by atoms with Gasteiger partial charge in [-0.3, -0.25) is 4.79 Å². The van der Waals surface area contributed by atoms with Crippen molar-refractivity contribution in [3.63, 3.8) is 0 Å². The Balaban J connectivity index is 1.88. The maximum absolute atomic E-state index is 13.8. The van der Waals surface area contributed by atoms with E-state index in [-0.39, 0.29) is 17.2 Å². The maximum atomic E-state index is 13.8. The Kier molecular flexibility index (Phi) is 3.37. The zero-order chi connectivity index (χ0) is 15.0. The molecule has 1 amide bonds. The molecule has 0 atom stereocenters. The van der Waals surface area contributed by atoms with Gasteiger partial charge in [0.15, 0.2) is 0 Å². The number of nitrogens with zero attached hydrogens (tertiary/aromatic N) is 1. The highest BCUT2D eigenvalue weighted by atomic mass is 19.1. The molecule has 3 nitrogen and oxygen atoms in total. The fraction of sp³-hybridized carbons (Fsp3) is 0.235. The molecule has 2 aromatic carbocycles. The minimum absolute atomic E-state index is 0.110. The van der Waals surface area contributed by atoms with E-state index in [2.05, 4.69) is 0 Å². The lowest BCUT2D eigenvalue weighted by molar-refractivity contribution is 0.0729. The number of aromatic hydroxyl groups is 1. The fourth-order valence-corrected chi connectivity index (χ4v) is 2.69. The lowest BCUT2D eigenvalue weighted by atomic mass is 9.98. The first kappa shape index (κ1) is 13.6. The van der Waals surface area contributed by atoms with Gasteiger partial charge in [0, 0.05) is 13.1 Å². The molecule has 0 aliphatic carbocycles. The Hall–Kier alpha value is -2.36. The van der Waals surface area contributed by atoms with Crippen molar-refractivity contribution in [2.24, 2.45) is 0 Å². The van der Waals surface area contributed by atoms with Crippen LogP contribution < -0.4 is 0 Å². The lowest BCUT2D eigenvalue weighted by Crippen LogP contribution is -2.36. The molecule has 2 aromatic rings. The van der Waals surface area contributed by atoms with Gasteiger partial charge in [-0.15, -0.1) is 0 Å². The molecule has 1 aliphatic rings. The highest BCUT2D eigenvalue weighted by molar-refractivity contribution is 5.94. The largest absolute Gasteiger partial charge is 0.508 e. The average Bonchev–Trinajstić information content (AvgIpc) is 2.48. The van der Waals surface area contributed by atoms with Gasteiger partial charge in [-0.2, -0.15) is 0 Å². The fourth-order valence-electron chi connectivity index (χ4n) is 2.69. The minimum atomic E-state index is -0.493. The number of carbonyl (C=O) groups excluding carboxylic acids is 1. The van der Waals surface area contributed by atoms with E-state index >= 15 is 0 Å². The van der Waals surface area contributed by atoms with Crippen LogP contribution in [0.1, 0.15) is 27.0 Å². The highest BCUT2D eigenvalue weighted by Crippen LogP contribution is 2.24. The summed E-state index contributed by atoms with van der Waals surface area (Å²) in [7, 11) is 0. The van der Waals surface area contributed by atoms with Crippen molar-refractivity contribution < 1.29 is 14.3 Å². The van der Waals surface area contributed by atoms with E-state index in [9.17, 15) is 14.3 Å². The van der Waals surface area contributed by atoms with Crippen LogP contribution in [0.4, 0.5) is 4.39 Å². The molecular formula is C17H16FNO2. The van der Waals surface area contributed by atoms with Crippen molar-refractivity contribution in [1.29, 1.82) is 0 Å². The van der Waals surface area contributed by atoms with Crippen LogP contribution in [0.25, 0.3) is 0 Å². The summed E-state index contributed by atoms with van der Waals surface area (Å²) < 4.78 is 13.8. The van der Waals surface area contributed by atoms with Crippen LogP contribution in [0.15, 0.2) is 36.4 Å². The molecule has 1 aliphatic heterocycles. The molecule has 0 saturated heterocycles. The predicted octanol–water partition coefficient (Wildman–Crippen LogP) is 3.04. The number of rotatable bonds is 1. The summed E-state index contributed by atoms with van der Waals surface area (Å²) in [6.45, 7) is 2.79. The van der Waals surface area contributed by atoms with Gasteiger partial charge in [0.1, 0.15) is 11.6 Å². The summed E-state index contributed by atoms with van der Waals surface area (Å²) >= 11 is 0. The topological polar surface area (TPSA) is 40.5 Å². The molecule has 0 aromatic heterocycles. The minimum Gasteiger partial charge on any atom is -0.508 e. The van der Waals surface area contributed by atoms with E-state index < -0.39 is 5.82 Å². The monoisotopic (exact) mass is 285 g/mol. The Bertz CT molecular complexity index is 712. The van der Waals surface area contributed by atoms with Crippen LogP contribution in [-0.2, 0) is 13.0 Å². The summed E-state index contributed by atoms with van der Waals surface area (Å²) in [6, 6.07) is 9.75. The van der Waals surface area contributed by atoms with Gasteiger partial charge < -0.3 is 10.0 Å². The van der Waals surface area contributed by atoms with E-state index in [1.807, 2.05) is 13.0 Å². The van der Waals surface area contributed by atoms with Gasteiger partial charge in [0.05, 0.1) is 5.56 Å². The standard InChI is InChI=1S/C17H16FNO2/c1-11-2-5-16(18)15(8-11)17(21)19-7-6-12-3-4-14(20)9-13(12)10-19/h2-5,8-9,20H,6-7,10H2,1H3. The van der Waals surface area contributed by atoms with Crippen molar-refractivity contribution in [1.82, 2.24) is 4.90 Å². The molecular weight excluding hydrogens is 269 g/mol. The summed E-state index contributed by atoms with van der Waals surface area (Å²) in [6.07, 6.45) is 0.717. The Morgan fingerprint density at radius 2 is 2.00 bits per heavy atom. The molecule has 0 saturated carbocycles. The number of benzene rings is 2. The van der Waals surface area contributed by atoms with E-state index in [0.29, 0.717) is 13.1 Å². The molecule has 21 heavy (non-hydrogen) atoms. The normalized spacial score (nSPS) is 13.9. The molecule has 1 heterocycles. The molecule has 0 spiro atoms. The number of aryl methyl sites for hydroxylation is 1. The van der Waals surface area contributed by atoms with Gasteiger partial charge in [-0.05, 0) is 48.7 Å². The zero-order valence-corrected chi connectivity index (χ0v) is 11.8. The second-order valence-corrected chi connectivity index (χ2v) is 5.41. The number of fused-ring (bicyclic) bond motifs is 1. The second kappa shape index (κ2) is 5.20. The number of hydrogen-bond acceptors (Lipinski definition) is 2. The molecule has 0 fully saturated rings. The molecule has 0 unspecified atom stereocenters. The molecule has 0 radical (unpaired) electrons. The molecule has 4 heteroatoms. The third-order valence-corrected chi connectivity index (χ3v) is 3.84. The van der Waals surface area contributed by atoms with E-state index in [1.165, 1.54) is 6.07 Å². The van der Waals surface area contributed by atoms with Crippen molar-refractivity contribution >= 4 is 5.91 Å². The molecule has 3 rings (SSSR count).